The summed E-state index contributed by atoms with van der Waals surface area (Å²) < 4.78 is 10.7. The molecule has 1 N–H and O–H groups in total. The molecule has 20 heavy (non-hydrogen) atoms. The predicted molar refractivity (Wildman–Crippen MR) is 75.5 cm³/mol. The molecule has 5 nitrogen and oxygen atoms in total. The molecule has 0 aromatic heterocycles. The van der Waals surface area contributed by atoms with Crippen molar-refractivity contribution in [2.45, 2.75) is 39.4 Å². The topological polar surface area (TPSA) is 64.6 Å². The molecule has 0 radical (unpaired) electrons. The van der Waals surface area contributed by atoms with E-state index in [1.165, 1.54) is 0 Å². The van der Waals surface area contributed by atoms with Crippen LogP contribution in [0.2, 0.25) is 0 Å². The van der Waals surface area contributed by atoms with Crippen molar-refractivity contribution >= 4 is 12.4 Å². The molecule has 110 valence electrons. The number of carbonyl (C=O) groups is 2. The summed E-state index contributed by atoms with van der Waals surface area (Å²) in [7, 11) is 0. The molecule has 1 unspecified atom stereocenters. The molecular formula is C15H21NO4. The molecule has 0 spiro atoms. The first-order valence-electron chi connectivity index (χ1n) is 6.63. The van der Waals surface area contributed by atoms with Crippen LogP contribution in [0.5, 0.6) is 5.75 Å². The average molecular weight is 279 g/mol. The van der Waals surface area contributed by atoms with Gasteiger partial charge in [0, 0.05) is 6.42 Å². The van der Waals surface area contributed by atoms with Gasteiger partial charge < -0.3 is 14.8 Å². The largest absolute Gasteiger partial charge is 0.491 e. The number of hydrogen-bond donors (Lipinski definition) is 1. The summed E-state index contributed by atoms with van der Waals surface area (Å²) in [5.41, 5.74) is 1.06. The summed E-state index contributed by atoms with van der Waals surface area (Å²) in [6, 6.07) is 7.70. The van der Waals surface area contributed by atoms with Gasteiger partial charge in [-0.05, 0) is 38.5 Å². The zero-order chi connectivity index (χ0) is 15.0. The molecule has 1 rings (SSSR count). The lowest BCUT2D eigenvalue weighted by molar-refractivity contribution is -0.147. The maximum Gasteiger partial charge on any atom is 0.325 e. The zero-order valence-corrected chi connectivity index (χ0v) is 12.1. The van der Waals surface area contributed by atoms with E-state index in [1.54, 1.807) is 0 Å². The van der Waals surface area contributed by atoms with Gasteiger partial charge in [-0.15, -0.1) is 0 Å². The fraction of sp³-hybridized carbons (Fsp3) is 0.467. The predicted octanol–water partition coefficient (Wildman–Crippen LogP) is 1.69. The van der Waals surface area contributed by atoms with Crippen molar-refractivity contribution in [3.63, 3.8) is 0 Å². The van der Waals surface area contributed by atoms with Crippen molar-refractivity contribution in [2.75, 3.05) is 6.54 Å². The third-order valence-electron chi connectivity index (χ3n) is 2.48. The molecule has 1 aromatic carbocycles. The number of benzene rings is 1. The Hall–Kier alpha value is -2.04. The van der Waals surface area contributed by atoms with Crippen LogP contribution in [0.1, 0.15) is 26.3 Å². The Balaban J connectivity index is 2.43. The summed E-state index contributed by atoms with van der Waals surface area (Å²) in [5.74, 6) is 0.382. The van der Waals surface area contributed by atoms with Gasteiger partial charge in [0.05, 0.1) is 6.10 Å². The van der Waals surface area contributed by atoms with Crippen LogP contribution in [-0.4, -0.2) is 31.1 Å². The Bertz CT molecular complexity index is 428. The molecule has 0 fully saturated rings. The fourth-order valence-electron chi connectivity index (χ4n) is 1.74. The van der Waals surface area contributed by atoms with Crippen LogP contribution in [0, 0.1) is 0 Å². The maximum atomic E-state index is 11.3. The van der Waals surface area contributed by atoms with Crippen LogP contribution >= 0.6 is 0 Å². The molecule has 5 heteroatoms. The van der Waals surface area contributed by atoms with Crippen LogP contribution < -0.4 is 10.1 Å². The van der Waals surface area contributed by atoms with Crippen molar-refractivity contribution in [1.82, 2.24) is 5.32 Å². The summed E-state index contributed by atoms with van der Waals surface area (Å²) in [5, 5.41) is 2.27. The van der Waals surface area contributed by atoms with Gasteiger partial charge in [-0.25, -0.2) is 0 Å². The number of esters is 1. The van der Waals surface area contributed by atoms with Gasteiger partial charge in [-0.3, -0.25) is 9.59 Å². The van der Waals surface area contributed by atoms with Crippen LogP contribution in [0.25, 0.3) is 0 Å². The van der Waals surface area contributed by atoms with E-state index in [1.807, 2.05) is 45.0 Å². The minimum atomic E-state index is -0.440. The Morgan fingerprint density at radius 2 is 1.90 bits per heavy atom. The second-order valence-electron chi connectivity index (χ2n) is 4.81. The highest BCUT2D eigenvalue weighted by Gasteiger charge is 2.10. The molecule has 0 bridgehead atoms. The Kier molecular flexibility index (Phi) is 6.56. The van der Waals surface area contributed by atoms with E-state index in [-0.39, 0.29) is 18.8 Å². The highest BCUT2D eigenvalue weighted by Crippen LogP contribution is 2.15. The molecule has 1 aromatic rings. The molecule has 0 aliphatic carbocycles. The molecule has 1 amide bonds. The van der Waals surface area contributed by atoms with Gasteiger partial charge >= 0.3 is 5.97 Å². The van der Waals surface area contributed by atoms with Gasteiger partial charge in [0.25, 0.3) is 0 Å². The van der Waals surface area contributed by atoms with Crippen LogP contribution in [0.3, 0.4) is 0 Å². The maximum absolute atomic E-state index is 11.3. The first-order chi connectivity index (χ1) is 9.51. The molecule has 1 atom stereocenters. The normalized spacial score (nSPS) is 11.8. The van der Waals surface area contributed by atoms with Crippen molar-refractivity contribution in [2.24, 2.45) is 0 Å². The molecule has 0 aliphatic rings. The van der Waals surface area contributed by atoms with E-state index in [0.717, 1.165) is 11.3 Å². The Labute approximate surface area is 119 Å². The van der Waals surface area contributed by atoms with Crippen LogP contribution in [-0.2, 0) is 20.7 Å². The third kappa shape index (κ3) is 6.22. The fourth-order valence-corrected chi connectivity index (χ4v) is 1.74. The standard InChI is InChI=1S/C15H21NO4/c1-11(2)19-14-6-4-13(5-7-14)8-12(3)20-15(18)9-16-10-17/h4-7,10-12H,8-9H2,1-3H3,(H,16,17). The summed E-state index contributed by atoms with van der Waals surface area (Å²) in [6.45, 7) is 5.66. The van der Waals surface area contributed by atoms with Gasteiger partial charge in [-0.1, -0.05) is 12.1 Å². The number of ether oxygens (including phenoxy) is 2. The number of rotatable bonds is 8. The van der Waals surface area contributed by atoms with Crippen LogP contribution in [0.15, 0.2) is 24.3 Å². The van der Waals surface area contributed by atoms with Crippen molar-refractivity contribution in [3.05, 3.63) is 29.8 Å². The lowest BCUT2D eigenvalue weighted by atomic mass is 10.1. The average Bonchev–Trinajstić information content (AvgIpc) is 2.38. The minimum absolute atomic E-state index is 0.102. The summed E-state index contributed by atoms with van der Waals surface area (Å²) in [6.07, 6.45) is 0.993. The molecule has 0 saturated carbocycles. The van der Waals surface area contributed by atoms with Gasteiger partial charge in [0.1, 0.15) is 18.4 Å². The van der Waals surface area contributed by atoms with E-state index in [2.05, 4.69) is 5.32 Å². The number of carbonyl (C=O) groups excluding carboxylic acids is 2. The van der Waals surface area contributed by atoms with Gasteiger partial charge in [0.15, 0.2) is 0 Å². The van der Waals surface area contributed by atoms with E-state index >= 15 is 0 Å². The molecule has 0 aliphatic heterocycles. The molecule has 0 saturated heterocycles. The lowest BCUT2D eigenvalue weighted by Crippen LogP contribution is -2.27. The second-order valence-corrected chi connectivity index (χ2v) is 4.81. The van der Waals surface area contributed by atoms with E-state index in [9.17, 15) is 9.59 Å². The minimum Gasteiger partial charge on any atom is -0.491 e. The summed E-state index contributed by atoms with van der Waals surface area (Å²) >= 11 is 0. The van der Waals surface area contributed by atoms with E-state index in [4.69, 9.17) is 9.47 Å². The number of hydrogen-bond acceptors (Lipinski definition) is 4. The van der Waals surface area contributed by atoms with Crippen molar-refractivity contribution < 1.29 is 19.1 Å². The monoisotopic (exact) mass is 279 g/mol. The molecule has 0 heterocycles. The SMILES string of the molecule is CC(C)Oc1ccc(CC(C)OC(=O)CNC=O)cc1. The third-order valence-corrected chi connectivity index (χ3v) is 2.48. The number of amides is 1. The number of nitrogens with one attached hydrogen (secondary N) is 1. The van der Waals surface area contributed by atoms with Crippen molar-refractivity contribution in [1.29, 1.82) is 0 Å². The van der Waals surface area contributed by atoms with E-state index in [0.29, 0.717) is 12.8 Å². The van der Waals surface area contributed by atoms with Gasteiger partial charge in [-0.2, -0.15) is 0 Å². The lowest BCUT2D eigenvalue weighted by Gasteiger charge is -2.14. The van der Waals surface area contributed by atoms with Crippen LogP contribution in [0.4, 0.5) is 0 Å². The first-order valence-corrected chi connectivity index (χ1v) is 6.63. The zero-order valence-electron chi connectivity index (χ0n) is 12.1. The second kappa shape index (κ2) is 8.19. The van der Waals surface area contributed by atoms with Crippen molar-refractivity contribution in [3.8, 4) is 5.75 Å². The Morgan fingerprint density at radius 1 is 1.25 bits per heavy atom. The first kappa shape index (κ1) is 16.0. The Morgan fingerprint density at radius 3 is 2.45 bits per heavy atom. The summed E-state index contributed by atoms with van der Waals surface area (Å²) in [4.78, 5) is 21.4. The highest BCUT2D eigenvalue weighted by molar-refractivity contribution is 5.74. The quantitative estimate of drug-likeness (QED) is 0.581. The highest BCUT2D eigenvalue weighted by atomic mass is 16.5. The van der Waals surface area contributed by atoms with E-state index < -0.39 is 5.97 Å². The molecular weight excluding hydrogens is 258 g/mol. The smallest absolute Gasteiger partial charge is 0.325 e. The van der Waals surface area contributed by atoms with Gasteiger partial charge in [0.2, 0.25) is 6.41 Å².